The Kier molecular flexibility index (Phi) is 6.89. The summed E-state index contributed by atoms with van der Waals surface area (Å²) in [6.07, 6.45) is 6.14. The highest BCUT2D eigenvalue weighted by atomic mass is 16.6. The number of benzene rings is 4. The number of nitrogens with zero attached hydrogens (tertiary/aromatic N) is 2. The number of para-hydroxylation sites is 2. The molecule has 0 radical (unpaired) electrons. The number of fused-ring (bicyclic) bond motifs is 4. The first-order chi connectivity index (χ1) is 22.6. The Labute approximate surface area is 269 Å². The van der Waals surface area contributed by atoms with Crippen molar-refractivity contribution in [2.75, 3.05) is 12.4 Å². The second-order valence-corrected chi connectivity index (χ2v) is 12.6. The van der Waals surface area contributed by atoms with Crippen LogP contribution in [0.15, 0.2) is 97.1 Å². The number of cyclic esters (lactones) is 1. The maximum absolute atomic E-state index is 14.0. The molecule has 46 heavy (non-hydrogen) atoms. The van der Waals surface area contributed by atoms with Crippen LogP contribution in [0.1, 0.15) is 71.8 Å². The Hall–Kier alpha value is -4.97. The third-order valence-electron chi connectivity index (χ3n) is 10.1. The number of carbonyl (C=O) groups is 1. The summed E-state index contributed by atoms with van der Waals surface area (Å²) >= 11 is 0. The summed E-state index contributed by atoms with van der Waals surface area (Å²) in [6.45, 7) is 5.10. The fraction of sp³-hybridized carbons (Fsp3) is 0.275. The van der Waals surface area contributed by atoms with Gasteiger partial charge in [0.15, 0.2) is 5.60 Å². The van der Waals surface area contributed by atoms with Crippen molar-refractivity contribution in [2.24, 2.45) is 0 Å². The van der Waals surface area contributed by atoms with E-state index in [1.807, 2.05) is 30.3 Å². The van der Waals surface area contributed by atoms with E-state index in [1.54, 1.807) is 7.11 Å². The van der Waals surface area contributed by atoms with E-state index < -0.39 is 5.60 Å². The summed E-state index contributed by atoms with van der Waals surface area (Å²) in [7, 11) is 1.71. The van der Waals surface area contributed by atoms with Gasteiger partial charge >= 0.3 is 5.97 Å². The Morgan fingerprint density at radius 2 is 1.59 bits per heavy atom. The van der Waals surface area contributed by atoms with Crippen molar-refractivity contribution < 1.29 is 14.3 Å². The van der Waals surface area contributed by atoms with Crippen LogP contribution < -0.4 is 10.1 Å². The molecule has 0 saturated heterocycles. The molecule has 1 fully saturated rings. The van der Waals surface area contributed by atoms with Gasteiger partial charge in [0.1, 0.15) is 11.4 Å². The smallest absolute Gasteiger partial charge is 0.340 e. The molecular formula is C40H39N3O3. The van der Waals surface area contributed by atoms with E-state index in [4.69, 9.17) is 9.47 Å². The average Bonchev–Trinajstić information content (AvgIpc) is 3.70. The molecule has 1 atom stereocenters. The molecule has 2 aliphatic rings. The van der Waals surface area contributed by atoms with E-state index in [9.17, 15) is 4.79 Å². The van der Waals surface area contributed by atoms with Gasteiger partial charge < -0.3 is 19.4 Å². The molecule has 1 aliphatic heterocycles. The van der Waals surface area contributed by atoms with E-state index in [1.165, 1.54) is 32.1 Å². The highest BCUT2D eigenvalue weighted by Gasteiger charge is 2.53. The first-order valence-electron chi connectivity index (χ1n) is 16.5. The summed E-state index contributed by atoms with van der Waals surface area (Å²) in [5.41, 5.74) is 9.37. The van der Waals surface area contributed by atoms with Crippen LogP contribution in [0.4, 0.5) is 5.69 Å². The number of esters is 1. The molecule has 3 heterocycles. The number of rotatable bonds is 7. The Morgan fingerprint density at radius 1 is 0.870 bits per heavy atom. The Bertz CT molecular complexity index is 2100. The molecule has 1 aliphatic carbocycles. The minimum atomic E-state index is -1.27. The molecule has 6 nitrogen and oxygen atoms in total. The normalized spacial score (nSPS) is 18.2. The maximum Gasteiger partial charge on any atom is 0.340 e. The summed E-state index contributed by atoms with van der Waals surface area (Å²) in [5.74, 6) is 0.345. The molecule has 1 unspecified atom stereocenters. The lowest BCUT2D eigenvalue weighted by Gasteiger charge is -2.33. The van der Waals surface area contributed by atoms with E-state index >= 15 is 0 Å². The zero-order valence-electron chi connectivity index (χ0n) is 26.7. The molecule has 1 N–H and O–H groups in total. The fourth-order valence-corrected chi connectivity index (χ4v) is 8.12. The van der Waals surface area contributed by atoms with Gasteiger partial charge in [0.2, 0.25) is 0 Å². The van der Waals surface area contributed by atoms with Crippen LogP contribution in [0.25, 0.3) is 27.8 Å². The second kappa shape index (κ2) is 11.1. The van der Waals surface area contributed by atoms with E-state index in [0.29, 0.717) is 17.4 Å². The molecule has 0 amide bonds. The number of aromatic nitrogens is 2. The fourth-order valence-electron chi connectivity index (χ4n) is 8.12. The Morgan fingerprint density at radius 3 is 2.35 bits per heavy atom. The van der Waals surface area contributed by atoms with Crippen LogP contribution in [0.2, 0.25) is 0 Å². The number of nitrogens with one attached hydrogen (secondary N) is 1. The largest absolute Gasteiger partial charge is 0.496 e. The number of imidazole rings is 1. The maximum atomic E-state index is 14.0. The summed E-state index contributed by atoms with van der Waals surface area (Å²) in [4.78, 5) is 14.0. The predicted molar refractivity (Wildman–Crippen MR) is 184 cm³/mol. The highest BCUT2D eigenvalue weighted by Crippen LogP contribution is 2.55. The number of hydrogen-bond donors (Lipinski definition) is 1. The summed E-state index contributed by atoms with van der Waals surface area (Å²) in [6, 6.07) is 33.6. The highest BCUT2D eigenvalue weighted by molar-refractivity contribution is 5.99. The molecule has 2 aromatic heterocycles. The van der Waals surface area contributed by atoms with Gasteiger partial charge in [-0.25, -0.2) is 4.79 Å². The average molecular weight is 610 g/mol. The summed E-state index contributed by atoms with van der Waals surface area (Å²) < 4.78 is 17.8. The molecule has 0 spiro atoms. The van der Waals surface area contributed by atoms with Gasteiger partial charge in [-0.2, -0.15) is 0 Å². The monoisotopic (exact) mass is 609 g/mol. The van der Waals surface area contributed by atoms with E-state index in [2.05, 4.69) is 94.9 Å². The molecule has 6 aromatic rings. The third-order valence-corrected chi connectivity index (χ3v) is 10.1. The molecule has 1 saturated carbocycles. The number of hydrogen-bond acceptors (Lipinski definition) is 4. The molecule has 6 heteroatoms. The lowest BCUT2D eigenvalue weighted by Crippen LogP contribution is -2.31. The third kappa shape index (κ3) is 4.12. The standard InChI is InChI=1S/C40H39N3O3/c1-4-42-33-21-13-14-22-34(33)43-26(2)36(27-15-7-5-8-16-27)37(38(42)43)40(31-20-12-11-19-30(31)39(44)46-40)32-24-23-29(25-35(32)45-3)41-28-17-9-6-10-18-28/h5,7-8,11-16,19-25,28,41H,4,6,9-10,17-18H2,1-3H3. The van der Waals surface area contributed by atoms with Gasteiger partial charge in [-0.1, -0.05) is 79.9 Å². The van der Waals surface area contributed by atoms with Crippen molar-refractivity contribution in [2.45, 2.75) is 64.1 Å². The van der Waals surface area contributed by atoms with Crippen LogP contribution in [-0.4, -0.2) is 28.1 Å². The van der Waals surface area contributed by atoms with Crippen LogP contribution in [-0.2, 0) is 16.9 Å². The van der Waals surface area contributed by atoms with Gasteiger partial charge in [-0.15, -0.1) is 0 Å². The quantitative estimate of drug-likeness (QED) is 0.184. The summed E-state index contributed by atoms with van der Waals surface area (Å²) in [5, 5.41) is 3.76. The molecule has 8 rings (SSSR count). The van der Waals surface area contributed by atoms with Crippen molar-refractivity contribution in [3.05, 3.63) is 125 Å². The Balaban J connectivity index is 1.49. The first-order valence-corrected chi connectivity index (χ1v) is 16.5. The van der Waals surface area contributed by atoms with E-state index in [0.717, 1.165) is 62.4 Å². The molecule has 0 bridgehead atoms. The molecule has 232 valence electrons. The van der Waals surface area contributed by atoms with Crippen LogP contribution in [0.5, 0.6) is 5.75 Å². The number of methoxy groups -OCH3 is 1. The van der Waals surface area contributed by atoms with Gasteiger partial charge in [-0.3, -0.25) is 4.40 Å². The van der Waals surface area contributed by atoms with Crippen molar-refractivity contribution >= 4 is 28.3 Å². The van der Waals surface area contributed by atoms with Crippen LogP contribution >= 0.6 is 0 Å². The SMILES string of the molecule is CCn1c2ccccc2n2c(C)c(-c3ccccc3)c(C3(c4ccc(NC5CCCCC5)cc4OC)OC(=O)c4ccccc43)c12. The van der Waals surface area contributed by atoms with Gasteiger partial charge in [0, 0.05) is 46.7 Å². The van der Waals surface area contributed by atoms with Crippen molar-refractivity contribution in [3.8, 4) is 16.9 Å². The zero-order chi connectivity index (χ0) is 31.4. The topological polar surface area (TPSA) is 56.9 Å². The minimum Gasteiger partial charge on any atom is -0.496 e. The molecular weight excluding hydrogens is 570 g/mol. The van der Waals surface area contributed by atoms with Gasteiger partial charge in [-0.05, 0) is 62.6 Å². The van der Waals surface area contributed by atoms with Crippen LogP contribution in [0.3, 0.4) is 0 Å². The number of carbonyl (C=O) groups excluding carboxylic acids is 1. The lowest BCUT2D eigenvalue weighted by atomic mass is 9.77. The van der Waals surface area contributed by atoms with Crippen LogP contribution in [0, 0.1) is 6.92 Å². The van der Waals surface area contributed by atoms with Gasteiger partial charge in [0.05, 0.1) is 29.3 Å². The first kappa shape index (κ1) is 28.5. The minimum absolute atomic E-state index is 0.336. The number of ether oxygens (including phenoxy) is 2. The number of aryl methyl sites for hydroxylation is 2. The molecule has 4 aromatic carbocycles. The lowest BCUT2D eigenvalue weighted by molar-refractivity contribution is 0.0250. The zero-order valence-corrected chi connectivity index (χ0v) is 26.7. The van der Waals surface area contributed by atoms with Crippen molar-refractivity contribution in [3.63, 3.8) is 0 Å². The number of anilines is 1. The van der Waals surface area contributed by atoms with Gasteiger partial charge in [0.25, 0.3) is 0 Å². The van der Waals surface area contributed by atoms with E-state index in [-0.39, 0.29) is 5.97 Å². The van der Waals surface area contributed by atoms with Crippen molar-refractivity contribution in [1.82, 2.24) is 8.97 Å². The predicted octanol–water partition coefficient (Wildman–Crippen LogP) is 9.10. The second-order valence-electron chi connectivity index (χ2n) is 12.6. The van der Waals surface area contributed by atoms with Crippen molar-refractivity contribution in [1.29, 1.82) is 0 Å².